The van der Waals surface area contributed by atoms with Crippen LogP contribution in [0.25, 0.3) is 0 Å². The van der Waals surface area contributed by atoms with Crippen molar-refractivity contribution in [2.75, 3.05) is 20.2 Å². The summed E-state index contributed by atoms with van der Waals surface area (Å²) in [4.78, 5) is 36.9. The van der Waals surface area contributed by atoms with Gasteiger partial charge in [0.25, 0.3) is 0 Å². The Labute approximate surface area is 124 Å². The molecule has 1 fully saturated rings. The molecule has 2 unspecified atom stereocenters. The molecule has 2 amide bonds. The van der Waals surface area contributed by atoms with E-state index in [1.54, 1.807) is 4.90 Å². The third-order valence-corrected chi connectivity index (χ3v) is 3.48. The molecule has 21 heavy (non-hydrogen) atoms. The molecule has 0 bridgehead atoms. The van der Waals surface area contributed by atoms with Crippen LogP contribution in [0.3, 0.4) is 0 Å². The Balaban J connectivity index is 2.64. The van der Waals surface area contributed by atoms with Gasteiger partial charge in [-0.2, -0.15) is 0 Å². The number of nitrogens with one attached hydrogen (secondary N) is 1. The molecule has 1 aliphatic rings. The number of hydrogen-bond donors (Lipinski definition) is 2. The molecule has 1 saturated heterocycles. The molecule has 0 saturated carbocycles. The fourth-order valence-electron chi connectivity index (χ4n) is 2.30. The molecule has 0 aromatic rings. The Morgan fingerprint density at radius 1 is 1.38 bits per heavy atom. The summed E-state index contributed by atoms with van der Waals surface area (Å²) >= 11 is 0. The number of likely N-dealkylation sites (tertiary alicyclic amines) is 1. The van der Waals surface area contributed by atoms with E-state index in [1.807, 2.05) is 20.8 Å². The van der Waals surface area contributed by atoms with Crippen LogP contribution in [0, 0.1) is 5.41 Å². The van der Waals surface area contributed by atoms with Gasteiger partial charge in [0.2, 0.25) is 11.8 Å². The highest BCUT2D eigenvalue weighted by Gasteiger charge is 2.38. The predicted molar refractivity (Wildman–Crippen MR) is 75.6 cm³/mol. The minimum atomic E-state index is -1.13. The third-order valence-electron chi connectivity index (χ3n) is 3.48. The van der Waals surface area contributed by atoms with Gasteiger partial charge in [0.15, 0.2) is 6.10 Å². The summed E-state index contributed by atoms with van der Waals surface area (Å²) in [6.07, 6.45) is 0.285. The van der Waals surface area contributed by atoms with E-state index in [4.69, 9.17) is 9.84 Å². The second-order valence-corrected chi connectivity index (χ2v) is 6.21. The van der Waals surface area contributed by atoms with Gasteiger partial charge in [-0.15, -0.1) is 0 Å². The molecule has 0 aliphatic carbocycles. The molecule has 2 N–H and O–H groups in total. The molecule has 0 radical (unpaired) electrons. The number of carbonyl (C=O) groups excluding carboxylic acids is 2. The number of carboxylic acid groups (broad SMARTS) is 1. The summed E-state index contributed by atoms with van der Waals surface area (Å²) in [5.41, 5.74) is -0.543. The molecule has 2 atom stereocenters. The first kappa shape index (κ1) is 17.4. The van der Waals surface area contributed by atoms with Crippen molar-refractivity contribution in [3.05, 3.63) is 0 Å². The number of hydrogen-bond acceptors (Lipinski definition) is 4. The first-order valence-electron chi connectivity index (χ1n) is 7.03. The van der Waals surface area contributed by atoms with Gasteiger partial charge in [-0.1, -0.05) is 20.8 Å². The van der Waals surface area contributed by atoms with Crippen LogP contribution in [0.4, 0.5) is 0 Å². The van der Waals surface area contributed by atoms with Crippen molar-refractivity contribution < 1.29 is 24.2 Å². The number of nitrogens with zero attached hydrogens (tertiary/aromatic N) is 1. The maximum Gasteiger partial charge on any atom is 0.334 e. The highest BCUT2D eigenvalue weighted by atomic mass is 16.5. The topological polar surface area (TPSA) is 95.9 Å². The fourth-order valence-corrected chi connectivity index (χ4v) is 2.30. The van der Waals surface area contributed by atoms with Crippen LogP contribution in [-0.4, -0.2) is 60.1 Å². The second kappa shape index (κ2) is 6.89. The van der Waals surface area contributed by atoms with Gasteiger partial charge in [0.1, 0.15) is 6.04 Å². The van der Waals surface area contributed by atoms with E-state index in [0.717, 1.165) is 6.42 Å². The summed E-state index contributed by atoms with van der Waals surface area (Å²) in [6.45, 7) is 5.88. The van der Waals surface area contributed by atoms with E-state index < -0.39 is 23.5 Å². The zero-order valence-electron chi connectivity index (χ0n) is 13.0. The maximum absolute atomic E-state index is 12.3. The van der Waals surface area contributed by atoms with Gasteiger partial charge >= 0.3 is 5.97 Å². The van der Waals surface area contributed by atoms with Gasteiger partial charge in [-0.3, -0.25) is 9.59 Å². The van der Waals surface area contributed by atoms with Crippen LogP contribution in [0.15, 0.2) is 0 Å². The number of carbonyl (C=O) groups is 3. The first-order chi connectivity index (χ1) is 9.68. The van der Waals surface area contributed by atoms with Gasteiger partial charge in [-0.25, -0.2) is 4.79 Å². The Morgan fingerprint density at radius 2 is 2.00 bits per heavy atom. The quantitative estimate of drug-likeness (QED) is 0.758. The number of carboxylic acids is 1. The molecular formula is C14H24N2O5. The van der Waals surface area contributed by atoms with Gasteiger partial charge in [0, 0.05) is 19.1 Å². The predicted octanol–water partition coefficient (Wildman–Crippen LogP) is 0.239. The highest BCUT2D eigenvalue weighted by Crippen LogP contribution is 2.25. The third kappa shape index (κ3) is 4.42. The van der Waals surface area contributed by atoms with Gasteiger partial charge in [0.05, 0.1) is 6.54 Å². The van der Waals surface area contributed by atoms with Gasteiger partial charge in [-0.05, 0) is 12.8 Å². The molecule has 0 aromatic heterocycles. The van der Waals surface area contributed by atoms with Crippen LogP contribution >= 0.6 is 0 Å². The standard InChI is InChI=1S/C14H24N2O5/c1-14(2,3)13(20)16-7-5-6-9(16)11(17)15-8-10(21-4)12(18)19/h9-10H,5-8H2,1-4H3,(H,15,17)(H,18,19). The van der Waals surface area contributed by atoms with E-state index in [1.165, 1.54) is 7.11 Å². The van der Waals surface area contributed by atoms with E-state index in [0.29, 0.717) is 13.0 Å². The van der Waals surface area contributed by atoms with E-state index in [-0.39, 0.29) is 18.4 Å². The molecular weight excluding hydrogens is 276 g/mol. The normalized spacial score (nSPS) is 20.2. The molecule has 7 nitrogen and oxygen atoms in total. The van der Waals surface area contributed by atoms with E-state index in [2.05, 4.69) is 5.32 Å². The van der Waals surface area contributed by atoms with Crippen molar-refractivity contribution in [1.82, 2.24) is 10.2 Å². The molecule has 0 aromatic carbocycles. The number of methoxy groups -OCH3 is 1. The number of aliphatic carboxylic acids is 1. The molecule has 1 heterocycles. The Hall–Kier alpha value is -1.63. The van der Waals surface area contributed by atoms with Crippen molar-refractivity contribution in [1.29, 1.82) is 0 Å². The average Bonchev–Trinajstić information content (AvgIpc) is 2.85. The summed E-state index contributed by atoms with van der Waals surface area (Å²) in [5.74, 6) is -1.53. The van der Waals surface area contributed by atoms with Gasteiger partial charge < -0.3 is 20.1 Å². The largest absolute Gasteiger partial charge is 0.479 e. The number of amides is 2. The van der Waals surface area contributed by atoms with Crippen LogP contribution in [0.1, 0.15) is 33.6 Å². The Morgan fingerprint density at radius 3 is 2.48 bits per heavy atom. The lowest BCUT2D eigenvalue weighted by Crippen LogP contribution is -2.51. The fraction of sp³-hybridized carbons (Fsp3) is 0.786. The van der Waals surface area contributed by atoms with Crippen molar-refractivity contribution in [2.24, 2.45) is 5.41 Å². The number of rotatable bonds is 5. The zero-order valence-corrected chi connectivity index (χ0v) is 13.0. The lowest BCUT2D eigenvalue weighted by molar-refractivity contribution is -0.149. The van der Waals surface area contributed by atoms with Crippen LogP contribution in [-0.2, 0) is 19.1 Å². The Bertz CT molecular complexity index is 416. The minimum Gasteiger partial charge on any atom is -0.479 e. The molecule has 120 valence electrons. The zero-order chi connectivity index (χ0) is 16.2. The summed E-state index contributed by atoms with van der Waals surface area (Å²) in [7, 11) is 1.27. The van der Waals surface area contributed by atoms with E-state index in [9.17, 15) is 14.4 Å². The molecule has 1 aliphatic heterocycles. The maximum atomic E-state index is 12.3. The lowest BCUT2D eigenvalue weighted by atomic mass is 9.94. The second-order valence-electron chi connectivity index (χ2n) is 6.21. The van der Waals surface area contributed by atoms with Crippen molar-refractivity contribution in [2.45, 2.75) is 45.8 Å². The smallest absolute Gasteiger partial charge is 0.334 e. The monoisotopic (exact) mass is 300 g/mol. The molecule has 0 spiro atoms. The van der Waals surface area contributed by atoms with Crippen LogP contribution in [0.2, 0.25) is 0 Å². The highest BCUT2D eigenvalue weighted by molar-refractivity contribution is 5.90. The first-order valence-corrected chi connectivity index (χ1v) is 7.03. The molecule has 1 rings (SSSR count). The number of ether oxygens (including phenoxy) is 1. The average molecular weight is 300 g/mol. The lowest BCUT2D eigenvalue weighted by Gasteiger charge is -2.30. The van der Waals surface area contributed by atoms with Crippen LogP contribution < -0.4 is 5.32 Å². The van der Waals surface area contributed by atoms with E-state index >= 15 is 0 Å². The van der Waals surface area contributed by atoms with Crippen LogP contribution in [0.5, 0.6) is 0 Å². The SMILES string of the molecule is COC(CNC(=O)C1CCCN1C(=O)C(C)(C)C)C(=O)O. The molecule has 7 heteroatoms. The van der Waals surface area contributed by atoms with Crippen molar-refractivity contribution >= 4 is 17.8 Å². The van der Waals surface area contributed by atoms with Crippen molar-refractivity contribution in [3.8, 4) is 0 Å². The summed E-state index contributed by atoms with van der Waals surface area (Å²) in [6, 6.07) is -0.525. The minimum absolute atomic E-state index is 0.0679. The summed E-state index contributed by atoms with van der Waals surface area (Å²) in [5, 5.41) is 11.4. The summed E-state index contributed by atoms with van der Waals surface area (Å²) < 4.78 is 4.76. The Kier molecular flexibility index (Phi) is 5.71. The van der Waals surface area contributed by atoms with Crippen molar-refractivity contribution in [3.63, 3.8) is 0 Å².